The second kappa shape index (κ2) is 6.17. The van der Waals surface area contributed by atoms with Crippen molar-refractivity contribution in [3.63, 3.8) is 0 Å². The molecule has 96 valence electrons. The van der Waals surface area contributed by atoms with E-state index >= 15 is 0 Å². The first-order valence-electron chi connectivity index (χ1n) is 5.93. The number of carbonyl (C=O) groups excluding carboxylic acids is 1. The highest BCUT2D eigenvalue weighted by Crippen LogP contribution is 2.20. The number of aryl methyl sites for hydroxylation is 2. The molecule has 0 aliphatic carbocycles. The molecule has 4 nitrogen and oxygen atoms in total. The number of nitrogens with two attached hydrogens (primary N) is 1. The van der Waals surface area contributed by atoms with E-state index < -0.39 is 0 Å². The highest BCUT2D eigenvalue weighted by Gasteiger charge is 2.18. The lowest BCUT2D eigenvalue weighted by molar-refractivity contribution is -0.119. The van der Waals surface area contributed by atoms with Crippen LogP contribution in [0.3, 0.4) is 0 Å². The minimum atomic E-state index is -0.388. The van der Waals surface area contributed by atoms with Crippen LogP contribution in [0.15, 0.2) is 0 Å². The van der Waals surface area contributed by atoms with Gasteiger partial charge in [0.1, 0.15) is 0 Å². The van der Waals surface area contributed by atoms with Crippen LogP contribution < -0.4 is 5.73 Å². The number of halogens is 1. The van der Waals surface area contributed by atoms with Gasteiger partial charge in [-0.15, -0.1) is 0 Å². The van der Waals surface area contributed by atoms with Crippen LogP contribution >= 0.6 is 11.6 Å². The van der Waals surface area contributed by atoms with Crippen molar-refractivity contribution in [3.05, 3.63) is 16.4 Å². The summed E-state index contributed by atoms with van der Waals surface area (Å²) in [5.41, 5.74) is 7.34. The zero-order valence-electron chi connectivity index (χ0n) is 10.7. The van der Waals surface area contributed by atoms with Crippen LogP contribution in [-0.2, 0) is 18.3 Å². The van der Waals surface area contributed by atoms with Gasteiger partial charge in [-0.2, -0.15) is 5.10 Å². The second-order valence-electron chi connectivity index (χ2n) is 4.36. The molecule has 0 aliphatic rings. The molecule has 2 N–H and O–H groups in total. The van der Waals surface area contributed by atoms with Crippen LogP contribution in [0.5, 0.6) is 0 Å². The molecule has 0 saturated heterocycles. The molecule has 0 bridgehead atoms. The molecule has 17 heavy (non-hydrogen) atoms. The third-order valence-electron chi connectivity index (χ3n) is 2.89. The van der Waals surface area contributed by atoms with Gasteiger partial charge in [-0.05, 0) is 13.3 Å². The lowest BCUT2D eigenvalue weighted by Crippen LogP contribution is -2.32. The zero-order chi connectivity index (χ0) is 13.0. The van der Waals surface area contributed by atoms with Gasteiger partial charge in [-0.25, -0.2) is 0 Å². The Morgan fingerprint density at radius 2 is 2.24 bits per heavy atom. The molecule has 0 spiro atoms. The van der Waals surface area contributed by atoms with Crippen molar-refractivity contribution in [1.82, 2.24) is 9.78 Å². The number of aromatic nitrogens is 2. The third kappa shape index (κ3) is 3.54. The number of Topliss-reactive ketones (excluding diaryl/α,β-unsaturated/α-hetero) is 1. The van der Waals surface area contributed by atoms with E-state index in [4.69, 9.17) is 17.3 Å². The molecule has 5 heteroatoms. The smallest absolute Gasteiger partial charge is 0.155 e. The Hall–Kier alpha value is -0.870. The van der Waals surface area contributed by atoms with Crippen LogP contribution in [0.25, 0.3) is 0 Å². The van der Waals surface area contributed by atoms with E-state index in [-0.39, 0.29) is 18.2 Å². The summed E-state index contributed by atoms with van der Waals surface area (Å²) < 4.78 is 1.65. The second-order valence-corrected chi connectivity index (χ2v) is 4.74. The number of unbranched alkanes of at least 4 members (excludes halogenated alkanes) is 1. The number of hydrogen-bond donors (Lipinski definition) is 1. The predicted molar refractivity (Wildman–Crippen MR) is 69.2 cm³/mol. The zero-order valence-corrected chi connectivity index (χ0v) is 11.4. The maximum Gasteiger partial charge on any atom is 0.155 e. The van der Waals surface area contributed by atoms with E-state index in [1.165, 1.54) is 0 Å². The van der Waals surface area contributed by atoms with E-state index in [1.807, 2.05) is 6.92 Å². The molecule has 1 aromatic heterocycles. The van der Waals surface area contributed by atoms with Gasteiger partial charge in [0.2, 0.25) is 0 Å². The van der Waals surface area contributed by atoms with Gasteiger partial charge in [0.25, 0.3) is 0 Å². The standard InChI is InChI=1S/C12H20ClN3O/c1-4-5-6-9(14)11(17)7-10-12(13)8(2)15-16(10)3/h9H,4-7,14H2,1-3H3. The fourth-order valence-electron chi connectivity index (χ4n) is 1.75. The van der Waals surface area contributed by atoms with Gasteiger partial charge >= 0.3 is 0 Å². The van der Waals surface area contributed by atoms with Crippen molar-refractivity contribution < 1.29 is 4.79 Å². The average Bonchev–Trinajstić information content (AvgIpc) is 2.52. The summed E-state index contributed by atoms with van der Waals surface area (Å²) >= 11 is 6.09. The van der Waals surface area contributed by atoms with Gasteiger partial charge in [0, 0.05) is 7.05 Å². The van der Waals surface area contributed by atoms with Gasteiger partial charge in [0.05, 0.1) is 28.9 Å². The topological polar surface area (TPSA) is 60.9 Å². The Kier molecular flexibility index (Phi) is 5.15. The molecule has 1 heterocycles. The molecule has 1 rings (SSSR count). The first-order valence-corrected chi connectivity index (χ1v) is 6.31. The molecule has 1 unspecified atom stereocenters. The van der Waals surface area contributed by atoms with Crippen molar-refractivity contribution in [2.45, 2.75) is 45.6 Å². The monoisotopic (exact) mass is 257 g/mol. The largest absolute Gasteiger partial charge is 0.321 e. The summed E-state index contributed by atoms with van der Waals surface area (Å²) in [7, 11) is 1.79. The van der Waals surface area contributed by atoms with E-state index in [0.717, 1.165) is 30.7 Å². The minimum Gasteiger partial charge on any atom is -0.321 e. The Morgan fingerprint density at radius 1 is 1.59 bits per heavy atom. The average molecular weight is 258 g/mol. The molecule has 0 saturated carbocycles. The van der Waals surface area contributed by atoms with Crippen molar-refractivity contribution >= 4 is 17.4 Å². The fraction of sp³-hybridized carbons (Fsp3) is 0.667. The normalized spacial score (nSPS) is 12.8. The van der Waals surface area contributed by atoms with Gasteiger partial charge < -0.3 is 5.73 Å². The summed E-state index contributed by atoms with van der Waals surface area (Å²) in [6, 6.07) is -0.388. The minimum absolute atomic E-state index is 0.0309. The number of ketones is 1. The first kappa shape index (κ1) is 14.2. The van der Waals surface area contributed by atoms with Gasteiger partial charge in [-0.3, -0.25) is 9.48 Å². The first-order chi connectivity index (χ1) is 7.97. The molecule has 1 atom stereocenters. The fourth-order valence-corrected chi connectivity index (χ4v) is 1.98. The molecule has 0 aliphatic heterocycles. The Balaban J connectivity index is 2.67. The van der Waals surface area contributed by atoms with Crippen LogP contribution in [0.4, 0.5) is 0 Å². The van der Waals surface area contributed by atoms with E-state index in [0.29, 0.717) is 5.02 Å². The third-order valence-corrected chi connectivity index (χ3v) is 3.38. The predicted octanol–water partition coefficient (Wildman–Crippen LogP) is 2.01. The number of rotatable bonds is 6. The maximum atomic E-state index is 11.9. The Labute approximate surface area is 107 Å². The highest BCUT2D eigenvalue weighted by molar-refractivity contribution is 6.32. The number of hydrogen-bond acceptors (Lipinski definition) is 3. The summed E-state index contributed by atoms with van der Waals surface area (Å²) in [5.74, 6) is 0.0309. The van der Waals surface area contributed by atoms with Crippen LogP contribution in [0.2, 0.25) is 5.02 Å². The molecular formula is C12H20ClN3O. The van der Waals surface area contributed by atoms with Crippen LogP contribution in [0, 0.1) is 6.92 Å². The molecule has 0 amide bonds. The summed E-state index contributed by atoms with van der Waals surface area (Å²) in [5, 5.41) is 4.75. The molecule has 0 radical (unpaired) electrons. The quantitative estimate of drug-likeness (QED) is 0.848. The van der Waals surface area contributed by atoms with Crippen molar-refractivity contribution in [2.24, 2.45) is 12.8 Å². The SMILES string of the molecule is CCCCC(N)C(=O)Cc1c(Cl)c(C)nn1C. The summed E-state index contributed by atoms with van der Waals surface area (Å²) in [6.07, 6.45) is 3.03. The van der Waals surface area contributed by atoms with Gasteiger partial charge in [-0.1, -0.05) is 31.4 Å². The van der Waals surface area contributed by atoms with Gasteiger partial charge in [0.15, 0.2) is 5.78 Å². The molecular weight excluding hydrogens is 238 g/mol. The summed E-state index contributed by atoms with van der Waals surface area (Å²) in [4.78, 5) is 11.9. The highest BCUT2D eigenvalue weighted by atomic mass is 35.5. The number of carbonyl (C=O) groups is 1. The lowest BCUT2D eigenvalue weighted by atomic mass is 10.0. The van der Waals surface area contributed by atoms with Crippen LogP contribution in [-0.4, -0.2) is 21.6 Å². The van der Waals surface area contributed by atoms with E-state index in [9.17, 15) is 4.79 Å². The number of nitrogens with zero attached hydrogens (tertiary/aromatic N) is 2. The van der Waals surface area contributed by atoms with E-state index in [1.54, 1.807) is 11.7 Å². The van der Waals surface area contributed by atoms with Crippen molar-refractivity contribution in [1.29, 1.82) is 0 Å². The summed E-state index contributed by atoms with van der Waals surface area (Å²) in [6.45, 7) is 3.91. The van der Waals surface area contributed by atoms with Crippen molar-refractivity contribution in [3.8, 4) is 0 Å². The van der Waals surface area contributed by atoms with Crippen LogP contribution in [0.1, 0.15) is 37.6 Å². The Bertz CT molecular complexity index is 401. The van der Waals surface area contributed by atoms with E-state index in [2.05, 4.69) is 12.0 Å². The molecule has 0 fully saturated rings. The molecule has 1 aromatic rings. The molecule has 0 aromatic carbocycles. The maximum absolute atomic E-state index is 11.9. The van der Waals surface area contributed by atoms with Crippen molar-refractivity contribution in [2.75, 3.05) is 0 Å². The Morgan fingerprint density at radius 3 is 2.71 bits per heavy atom. The lowest BCUT2D eigenvalue weighted by Gasteiger charge is -2.10.